The molecule has 0 heterocycles. The van der Waals surface area contributed by atoms with Gasteiger partial charge in [-0.1, -0.05) is 96.6 Å². The van der Waals surface area contributed by atoms with Gasteiger partial charge in [-0.15, -0.1) is 24.8 Å². The van der Waals surface area contributed by atoms with E-state index < -0.39 is 0 Å². The van der Waals surface area contributed by atoms with Crippen molar-refractivity contribution in [2.24, 2.45) is 0 Å². The number of benzene rings is 3. The van der Waals surface area contributed by atoms with Crippen LogP contribution < -0.4 is 0 Å². The number of halogens is 2. The maximum Gasteiger partial charge on any atom is -0.0184 e. The predicted octanol–water partition coefficient (Wildman–Crippen LogP) is 6.19. The summed E-state index contributed by atoms with van der Waals surface area (Å²) in [6, 6.07) is 31.0. The zero-order chi connectivity index (χ0) is 13.3. The van der Waals surface area contributed by atoms with E-state index in [9.17, 15) is 0 Å². The Kier molecular flexibility index (Phi) is 10.0. The number of hydrogen-bond donors (Lipinski definition) is 0. The second kappa shape index (κ2) is 11.0. The van der Waals surface area contributed by atoms with Crippen LogP contribution in [-0.4, -0.2) is 0 Å². The molecule has 3 aromatic carbocycles. The van der Waals surface area contributed by atoms with Gasteiger partial charge in [-0.25, -0.2) is 0 Å². The summed E-state index contributed by atoms with van der Waals surface area (Å²) in [6.45, 7) is 2.08. The minimum atomic E-state index is 0. The highest BCUT2D eigenvalue weighted by atomic mass is 35.5. The third-order valence-corrected chi connectivity index (χ3v) is 2.82. The zero-order valence-electron chi connectivity index (χ0n) is 12.0. The highest BCUT2D eigenvalue weighted by molar-refractivity contribution is 5.85. The molecule has 0 amide bonds. The van der Waals surface area contributed by atoms with Gasteiger partial charge in [0.2, 0.25) is 0 Å². The molecule has 3 aromatic rings. The van der Waals surface area contributed by atoms with Crippen molar-refractivity contribution in [3.05, 3.63) is 96.6 Å². The van der Waals surface area contributed by atoms with Gasteiger partial charge in [0, 0.05) is 0 Å². The first-order valence-electron chi connectivity index (χ1n) is 6.48. The molecule has 0 aromatic heterocycles. The smallest absolute Gasteiger partial charge is 0.0184 e. The molecule has 0 spiro atoms. The summed E-state index contributed by atoms with van der Waals surface area (Å²) < 4.78 is 0. The summed E-state index contributed by atoms with van der Waals surface area (Å²) in [5.41, 5.74) is 3.87. The van der Waals surface area contributed by atoms with Crippen LogP contribution >= 0.6 is 24.8 Å². The van der Waals surface area contributed by atoms with Gasteiger partial charge >= 0.3 is 0 Å². The molecule has 0 bridgehead atoms. The molecule has 3 rings (SSSR count). The quantitative estimate of drug-likeness (QED) is 0.501. The minimum absolute atomic E-state index is 0. The van der Waals surface area contributed by atoms with E-state index in [2.05, 4.69) is 67.6 Å². The monoisotopic (exact) mass is 318 g/mol. The van der Waals surface area contributed by atoms with Crippen molar-refractivity contribution in [2.75, 3.05) is 0 Å². The van der Waals surface area contributed by atoms with Gasteiger partial charge in [0.05, 0.1) is 0 Å². The normalized spacial score (nSPS) is 8.43. The zero-order valence-corrected chi connectivity index (χ0v) is 13.6. The Morgan fingerprint density at radius 1 is 0.429 bits per heavy atom. The van der Waals surface area contributed by atoms with Crippen LogP contribution in [0.5, 0.6) is 0 Å². The van der Waals surface area contributed by atoms with Crippen molar-refractivity contribution < 1.29 is 0 Å². The summed E-state index contributed by atoms with van der Waals surface area (Å²) in [6.07, 6.45) is 0. The second-order valence-electron chi connectivity index (χ2n) is 4.39. The van der Waals surface area contributed by atoms with Crippen LogP contribution in [0.25, 0.3) is 11.1 Å². The predicted molar refractivity (Wildman–Crippen MR) is 97.6 cm³/mol. The van der Waals surface area contributed by atoms with E-state index in [4.69, 9.17) is 0 Å². The van der Waals surface area contributed by atoms with Gasteiger partial charge in [0.25, 0.3) is 0 Å². The third kappa shape index (κ3) is 6.99. The first-order chi connectivity index (χ1) is 9.36. The van der Waals surface area contributed by atoms with E-state index in [-0.39, 0.29) is 24.8 Å². The van der Waals surface area contributed by atoms with Gasteiger partial charge in [-0.3, -0.25) is 0 Å². The van der Waals surface area contributed by atoms with Gasteiger partial charge in [-0.05, 0) is 18.1 Å². The fraction of sp³-hybridized carbons (Fsp3) is 0.0526. The Morgan fingerprint density at radius 3 is 0.952 bits per heavy atom. The van der Waals surface area contributed by atoms with E-state index in [0.29, 0.717) is 0 Å². The molecule has 0 aliphatic heterocycles. The first kappa shape index (κ1) is 19.2. The topological polar surface area (TPSA) is 0 Å². The molecule has 0 saturated carbocycles. The lowest BCUT2D eigenvalue weighted by Gasteiger charge is -1.98. The highest BCUT2D eigenvalue weighted by Gasteiger charge is 1.91. The van der Waals surface area contributed by atoms with Crippen molar-refractivity contribution in [3.8, 4) is 11.1 Å². The van der Waals surface area contributed by atoms with E-state index in [1.807, 2.05) is 30.3 Å². The molecule has 0 atom stereocenters. The van der Waals surface area contributed by atoms with Crippen molar-refractivity contribution >= 4 is 24.8 Å². The first-order valence-corrected chi connectivity index (χ1v) is 6.48. The molecule has 21 heavy (non-hydrogen) atoms. The van der Waals surface area contributed by atoms with E-state index >= 15 is 0 Å². The maximum atomic E-state index is 2.12. The fourth-order valence-electron chi connectivity index (χ4n) is 1.80. The number of aryl methyl sites for hydroxylation is 1. The Bertz CT molecular complexity index is 540. The van der Waals surface area contributed by atoms with Crippen LogP contribution in [0.4, 0.5) is 0 Å². The Labute approximate surface area is 139 Å². The Morgan fingerprint density at radius 2 is 0.714 bits per heavy atom. The number of rotatable bonds is 1. The summed E-state index contributed by atoms with van der Waals surface area (Å²) in [5.74, 6) is 0. The third-order valence-electron chi connectivity index (χ3n) is 2.82. The van der Waals surface area contributed by atoms with Crippen molar-refractivity contribution in [1.29, 1.82) is 0 Å². The molecule has 0 saturated heterocycles. The van der Waals surface area contributed by atoms with Crippen molar-refractivity contribution in [2.45, 2.75) is 6.92 Å². The van der Waals surface area contributed by atoms with Crippen LogP contribution in [-0.2, 0) is 0 Å². The lowest BCUT2D eigenvalue weighted by molar-refractivity contribution is 1.48. The average Bonchev–Trinajstić information content (AvgIpc) is 2.51. The lowest BCUT2D eigenvalue weighted by atomic mass is 10.1. The van der Waals surface area contributed by atoms with Crippen molar-refractivity contribution in [1.82, 2.24) is 0 Å². The molecular weight excluding hydrogens is 299 g/mol. The highest BCUT2D eigenvalue weighted by Crippen LogP contribution is 2.17. The minimum Gasteiger partial charge on any atom is -0.147 e. The average molecular weight is 319 g/mol. The van der Waals surface area contributed by atoms with E-state index in [0.717, 1.165) is 0 Å². The van der Waals surface area contributed by atoms with Gasteiger partial charge in [-0.2, -0.15) is 0 Å². The summed E-state index contributed by atoms with van der Waals surface area (Å²) in [7, 11) is 0. The largest absolute Gasteiger partial charge is 0.147 e. The van der Waals surface area contributed by atoms with Crippen LogP contribution in [0, 0.1) is 6.92 Å². The van der Waals surface area contributed by atoms with Gasteiger partial charge in [0.15, 0.2) is 0 Å². The summed E-state index contributed by atoms with van der Waals surface area (Å²) >= 11 is 0. The molecule has 2 heteroatoms. The lowest BCUT2D eigenvalue weighted by Crippen LogP contribution is -1.73. The molecule has 110 valence electrons. The fourth-order valence-corrected chi connectivity index (χ4v) is 1.80. The molecule has 0 radical (unpaired) electrons. The van der Waals surface area contributed by atoms with E-state index in [1.54, 1.807) is 0 Å². The van der Waals surface area contributed by atoms with Crippen LogP contribution in [0.1, 0.15) is 5.56 Å². The van der Waals surface area contributed by atoms with Crippen LogP contribution in [0.2, 0.25) is 0 Å². The van der Waals surface area contributed by atoms with Gasteiger partial charge in [0.1, 0.15) is 0 Å². The standard InChI is InChI=1S/C12H10.C7H8.2ClH/c1-3-7-11(8-4-1)12-9-5-2-6-10-12;1-7-5-3-2-4-6-7;;/h1-10H;2-6H,1H3;2*1H. The molecular formula is C19H20Cl2. The summed E-state index contributed by atoms with van der Waals surface area (Å²) in [4.78, 5) is 0. The Hall–Kier alpha value is -1.76. The van der Waals surface area contributed by atoms with Gasteiger partial charge < -0.3 is 0 Å². The summed E-state index contributed by atoms with van der Waals surface area (Å²) in [5, 5.41) is 0. The number of hydrogen-bond acceptors (Lipinski definition) is 0. The molecule has 0 aliphatic rings. The molecule has 0 nitrogen and oxygen atoms in total. The molecule has 0 N–H and O–H groups in total. The maximum absolute atomic E-state index is 2.12. The Balaban J connectivity index is 0.000000389. The molecule has 0 aliphatic carbocycles. The van der Waals surface area contributed by atoms with Crippen LogP contribution in [0.3, 0.4) is 0 Å². The van der Waals surface area contributed by atoms with E-state index in [1.165, 1.54) is 16.7 Å². The van der Waals surface area contributed by atoms with Crippen molar-refractivity contribution in [3.63, 3.8) is 0 Å². The SMILES string of the molecule is Cc1ccccc1.Cl.Cl.c1ccc(-c2ccccc2)cc1. The molecule has 0 unspecified atom stereocenters. The second-order valence-corrected chi connectivity index (χ2v) is 4.39. The van der Waals surface area contributed by atoms with Crippen LogP contribution in [0.15, 0.2) is 91.0 Å². The molecule has 0 fully saturated rings.